The van der Waals surface area contributed by atoms with E-state index in [1.807, 2.05) is 0 Å². The number of carbonyl (C=O) groups is 2. The number of ether oxygens (including phenoxy) is 1. The topological polar surface area (TPSA) is 55.7 Å². The molecule has 0 aromatic carbocycles. The maximum atomic E-state index is 10.1. The van der Waals surface area contributed by atoms with E-state index in [4.69, 9.17) is 0 Å². The highest BCUT2D eigenvalue weighted by Crippen LogP contribution is 1.76. The van der Waals surface area contributed by atoms with Crippen molar-refractivity contribution in [3.8, 4) is 0 Å². The average molecular weight is 129 g/mol. The van der Waals surface area contributed by atoms with Crippen LogP contribution in [0.1, 0.15) is 6.92 Å². The van der Waals surface area contributed by atoms with Crippen LogP contribution in [-0.4, -0.2) is 25.2 Å². The fourth-order valence-electron chi connectivity index (χ4n) is 0.196. The molecule has 0 heterocycles. The van der Waals surface area contributed by atoms with E-state index in [1.165, 1.54) is 14.0 Å². The van der Waals surface area contributed by atoms with Crippen LogP contribution in [0.3, 0.4) is 0 Å². The van der Waals surface area contributed by atoms with E-state index >= 15 is 0 Å². The minimum atomic E-state index is -0.759. The average Bonchev–Trinajstić information content (AvgIpc) is 1.83. The summed E-state index contributed by atoms with van der Waals surface area (Å²) < 4.78 is 4.11. The molecule has 0 aliphatic carbocycles. The molecule has 4 heteroatoms. The lowest BCUT2D eigenvalue weighted by molar-refractivity contribution is -0.110. The predicted molar refractivity (Wildman–Crippen MR) is 31.6 cm³/mol. The summed E-state index contributed by atoms with van der Waals surface area (Å²) in [6.07, 6.45) is 0.149. The van der Waals surface area contributed by atoms with E-state index in [1.54, 1.807) is 0 Å². The van der Waals surface area contributed by atoms with E-state index in [-0.39, 0.29) is 5.78 Å². The summed E-state index contributed by atoms with van der Waals surface area (Å²) in [5.41, 5.74) is 0. The van der Waals surface area contributed by atoms with Crippen molar-refractivity contribution in [3.05, 3.63) is 0 Å². The molecule has 0 N–H and O–H groups in total. The molecule has 0 saturated heterocycles. The standard InChI is InChI=1S/C5H7NO3/c1-4(7)3-6-5(8)9-2/h3H,1-2H3. The first kappa shape index (κ1) is 7.81. The van der Waals surface area contributed by atoms with E-state index in [0.29, 0.717) is 0 Å². The van der Waals surface area contributed by atoms with Crippen molar-refractivity contribution in [2.45, 2.75) is 6.92 Å². The van der Waals surface area contributed by atoms with E-state index in [9.17, 15) is 9.59 Å². The van der Waals surface area contributed by atoms with Crippen molar-refractivity contribution in [2.75, 3.05) is 7.11 Å². The molecule has 50 valence electrons. The normalized spacial score (nSPS) is 9.56. The molecule has 0 aromatic rings. The Bertz CT molecular complexity index is 150. The molecule has 0 aromatic heterocycles. The van der Waals surface area contributed by atoms with Crippen molar-refractivity contribution in [2.24, 2.45) is 4.99 Å². The van der Waals surface area contributed by atoms with Crippen LogP contribution in [0.4, 0.5) is 4.79 Å². The highest BCUT2D eigenvalue weighted by molar-refractivity contribution is 6.27. The summed E-state index contributed by atoms with van der Waals surface area (Å²) in [4.78, 5) is 23.4. The molecule has 4 nitrogen and oxygen atoms in total. The number of carbonyl (C=O) groups excluding carboxylic acids is 2. The number of amides is 1. The molecular formula is C5H7NO3. The first-order valence-corrected chi connectivity index (χ1v) is 2.29. The molecule has 0 atom stereocenters. The second kappa shape index (κ2) is 3.77. The van der Waals surface area contributed by atoms with Gasteiger partial charge in [-0.05, 0) is 0 Å². The lowest BCUT2D eigenvalue weighted by Gasteiger charge is -1.85. The van der Waals surface area contributed by atoms with E-state index in [2.05, 4.69) is 9.73 Å². The number of hydrogen-bond donors (Lipinski definition) is 0. The number of rotatable bonds is 1. The van der Waals surface area contributed by atoms with Crippen molar-refractivity contribution in [1.82, 2.24) is 0 Å². The van der Waals surface area contributed by atoms with Crippen LogP contribution in [-0.2, 0) is 9.53 Å². The van der Waals surface area contributed by atoms with Gasteiger partial charge in [-0.3, -0.25) is 4.79 Å². The molecule has 9 heavy (non-hydrogen) atoms. The highest BCUT2D eigenvalue weighted by atomic mass is 16.5. The first-order chi connectivity index (χ1) is 4.16. The molecule has 0 saturated carbocycles. The Hall–Kier alpha value is -1.19. The smallest absolute Gasteiger partial charge is 0.433 e. The van der Waals surface area contributed by atoms with Gasteiger partial charge in [0.2, 0.25) is 0 Å². The fraction of sp³-hybridized carbons (Fsp3) is 0.400. The number of methoxy groups -OCH3 is 1. The van der Waals surface area contributed by atoms with Gasteiger partial charge < -0.3 is 4.74 Å². The second-order valence-electron chi connectivity index (χ2n) is 1.34. The monoisotopic (exact) mass is 129 g/mol. The number of nitrogens with zero attached hydrogens (tertiary/aromatic N) is 1. The second-order valence-corrected chi connectivity index (χ2v) is 1.34. The molecule has 0 unspecified atom stereocenters. The van der Waals surface area contributed by atoms with Gasteiger partial charge in [-0.2, -0.15) is 4.99 Å². The van der Waals surface area contributed by atoms with E-state index < -0.39 is 6.09 Å². The zero-order valence-corrected chi connectivity index (χ0v) is 5.25. The number of aliphatic imine (C=N–C) groups is 1. The van der Waals surface area contributed by atoms with Crippen LogP contribution in [0.15, 0.2) is 4.99 Å². The zero-order valence-electron chi connectivity index (χ0n) is 5.25. The maximum absolute atomic E-state index is 10.1. The molecule has 0 radical (unpaired) electrons. The van der Waals surface area contributed by atoms with Gasteiger partial charge in [0, 0.05) is 6.92 Å². The van der Waals surface area contributed by atoms with Gasteiger partial charge in [0.15, 0.2) is 5.78 Å². The lowest BCUT2D eigenvalue weighted by Crippen LogP contribution is -1.97. The van der Waals surface area contributed by atoms with E-state index in [0.717, 1.165) is 6.21 Å². The molecule has 0 rings (SSSR count). The maximum Gasteiger partial charge on any atom is 0.433 e. The van der Waals surface area contributed by atoms with Gasteiger partial charge in [0.1, 0.15) is 0 Å². The Labute approximate surface area is 52.5 Å². The quantitative estimate of drug-likeness (QED) is 0.482. The Kier molecular flexibility index (Phi) is 3.27. The van der Waals surface area contributed by atoms with Crippen LogP contribution in [0.25, 0.3) is 0 Å². The molecule has 0 aliphatic rings. The van der Waals surface area contributed by atoms with Crippen LogP contribution in [0, 0.1) is 0 Å². The van der Waals surface area contributed by atoms with Gasteiger partial charge in [-0.15, -0.1) is 0 Å². The third kappa shape index (κ3) is 4.67. The zero-order chi connectivity index (χ0) is 7.28. The Morgan fingerprint density at radius 3 is 2.44 bits per heavy atom. The first-order valence-electron chi connectivity index (χ1n) is 2.29. The molecule has 0 bridgehead atoms. The van der Waals surface area contributed by atoms with Crippen molar-refractivity contribution in [1.29, 1.82) is 0 Å². The number of hydrogen-bond acceptors (Lipinski definition) is 3. The summed E-state index contributed by atoms with van der Waals surface area (Å²) in [5.74, 6) is -0.277. The molecule has 0 aliphatic heterocycles. The molecule has 0 fully saturated rings. The van der Waals surface area contributed by atoms with Crippen LogP contribution >= 0.6 is 0 Å². The van der Waals surface area contributed by atoms with Crippen molar-refractivity contribution < 1.29 is 14.3 Å². The number of ketones is 1. The molecule has 0 spiro atoms. The van der Waals surface area contributed by atoms with Crippen molar-refractivity contribution in [3.63, 3.8) is 0 Å². The fourth-order valence-corrected chi connectivity index (χ4v) is 0.196. The lowest BCUT2D eigenvalue weighted by atomic mass is 10.5. The van der Waals surface area contributed by atoms with Gasteiger partial charge in [-0.1, -0.05) is 0 Å². The minimum absolute atomic E-state index is 0.277. The van der Waals surface area contributed by atoms with Gasteiger partial charge in [0.25, 0.3) is 0 Å². The summed E-state index contributed by atoms with van der Waals surface area (Å²) in [5, 5.41) is 0. The van der Waals surface area contributed by atoms with Gasteiger partial charge in [-0.25, -0.2) is 4.79 Å². The largest absolute Gasteiger partial charge is 0.451 e. The molecule has 1 amide bonds. The minimum Gasteiger partial charge on any atom is -0.451 e. The summed E-state index contributed by atoms with van der Waals surface area (Å²) in [6.45, 7) is 1.30. The summed E-state index contributed by atoms with van der Waals surface area (Å²) >= 11 is 0. The summed E-state index contributed by atoms with van der Waals surface area (Å²) in [6, 6.07) is 0. The third-order valence-electron chi connectivity index (χ3n) is 0.526. The highest BCUT2D eigenvalue weighted by Gasteiger charge is 1.91. The van der Waals surface area contributed by atoms with Crippen molar-refractivity contribution >= 4 is 18.1 Å². The van der Waals surface area contributed by atoms with Gasteiger partial charge in [0.05, 0.1) is 13.3 Å². The Balaban J connectivity index is 3.71. The molecular weight excluding hydrogens is 122 g/mol. The Morgan fingerprint density at radius 1 is 1.56 bits per heavy atom. The predicted octanol–water partition coefficient (Wildman–Crippen LogP) is 0.413. The third-order valence-corrected chi connectivity index (χ3v) is 0.526. The number of Topliss-reactive ketones (excluding diaryl/α,β-unsaturated/α-hetero) is 1. The SMILES string of the molecule is COC(=O)N=CC(C)=O. The summed E-state index contributed by atoms with van der Waals surface area (Å²) in [7, 11) is 1.19. The van der Waals surface area contributed by atoms with Gasteiger partial charge >= 0.3 is 6.09 Å². The Morgan fingerprint density at radius 2 is 2.11 bits per heavy atom. The van der Waals surface area contributed by atoms with Crippen LogP contribution < -0.4 is 0 Å². The van der Waals surface area contributed by atoms with Crippen LogP contribution in [0.2, 0.25) is 0 Å². The van der Waals surface area contributed by atoms with Crippen LogP contribution in [0.5, 0.6) is 0 Å².